The van der Waals surface area contributed by atoms with Gasteiger partial charge in [0.2, 0.25) is 5.95 Å². The lowest BCUT2D eigenvalue weighted by molar-refractivity contribution is -0.0803. The van der Waals surface area contributed by atoms with Crippen LogP contribution in [0.2, 0.25) is 0 Å². The summed E-state index contributed by atoms with van der Waals surface area (Å²) in [5.74, 6) is 1.72. The van der Waals surface area contributed by atoms with Gasteiger partial charge in [0.25, 0.3) is 0 Å². The SMILES string of the molecule is CC(C)n1ncnc1N1CCC2(CC1)OCCc1cnc(-c3ccccc3)nc12. The molecule has 3 aromatic rings. The second-order valence-corrected chi connectivity index (χ2v) is 8.11. The number of hydrogen-bond acceptors (Lipinski definition) is 6. The number of rotatable bonds is 3. The van der Waals surface area contributed by atoms with Gasteiger partial charge in [-0.15, -0.1) is 0 Å². The Morgan fingerprint density at radius 1 is 1.07 bits per heavy atom. The van der Waals surface area contributed by atoms with Gasteiger partial charge < -0.3 is 9.64 Å². The average Bonchev–Trinajstić information content (AvgIpc) is 3.25. The molecule has 150 valence electrons. The van der Waals surface area contributed by atoms with Gasteiger partial charge in [-0.25, -0.2) is 14.6 Å². The third kappa shape index (κ3) is 3.19. The predicted octanol–water partition coefficient (Wildman–Crippen LogP) is 3.38. The number of nitrogens with zero attached hydrogens (tertiary/aromatic N) is 6. The molecule has 0 aliphatic carbocycles. The molecular formula is C22H26N6O. The lowest BCUT2D eigenvalue weighted by atomic mass is 9.83. The van der Waals surface area contributed by atoms with Crippen molar-refractivity contribution in [2.75, 3.05) is 24.6 Å². The molecule has 4 heterocycles. The zero-order valence-corrected chi connectivity index (χ0v) is 17.0. The normalized spacial score (nSPS) is 18.2. The number of piperidine rings is 1. The van der Waals surface area contributed by atoms with Crippen LogP contribution in [-0.2, 0) is 16.8 Å². The van der Waals surface area contributed by atoms with Crippen molar-refractivity contribution in [3.8, 4) is 11.4 Å². The van der Waals surface area contributed by atoms with Gasteiger partial charge in [-0.3, -0.25) is 0 Å². The van der Waals surface area contributed by atoms with Crippen LogP contribution in [0, 0.1) is 0 Å². The van der Waals surface area contributed by atoms with Crippen molar-refractivity contribution in [3.63, 3.8) is 0 Å². The molecule has 29 heavy (non-hydrogen) atoms. The third-order valence-corrected chi connectivity index (χ3v) is 5.98. The van der Waals surface area contributed by atoms with E-state index in [0.29, 0.717) is 0 Å². The minimum Gasteiger partial charge on any atom is -0.368 e. The number of aromatic nitrogens is 5. The van der Waals surface area contributed by atoms with Gasteiger partial charge in [-0.05, 0) is 38.7 Å². The van der Waals surface area contributed by atoms with Crippen molar-refractivity contribution in [1.82, 2.24) is 24.7 Å². The topological polar surface area (TPSA) is 69.0 Å². The first-order valence-electron chi connectivity index (χ1n) is 10.4. The van der Waals surface area contributed by atoms with E-state index in [1.54, 1.807) is 6.33 Å². The molecule has 0 bridgehead atoms. The number of anilines is 1. The van der Waals surface area contributed by atoms with E-state index in [1.807, 2.05) is 29.1 Å². The summed E-state index contributed by atoms with van der Waals surface area (Å²) in [6.45, 7) is 6.73. The molecule has 0 atom stereocenters. The Morgan fingerprint density at radius 3 is 2.62 bits per heavy atom. The molecular weight excluding hydrogens is 364 g/mol. The molecule has 1 aromatic carbocycles. The van der Waals surface area contributed by atoms with Crippen molar-refractivity contribution in [2.45, 2.75) is 44.8 Å². The molecule has 1 saturated heterocycles. The Morgan fingerprint density at radius 2 is 1.86 bits per heavy atom. The van der Waals surface area contributed by atoms with E-state index in [4.69, 9.17) is 9.72 Å². The van der Waals surface area contributed by atoms with Crippen LogP contribution in [-0.4, -0.2) is 44.4 Å². The number of fused-ring (bicyclic) bond motifs is 2. The molecule has 0 radical (unpaired) electrons. The number of ether oxygens (including phenoxy) is 1. The fourth-order valence-corrected chi connectivity index (χ4v) is 4.42. The quantitative estimate of drug-likeness (QED) is 0.683. The Bertz CT molecular complexity index is 992. The molecule has 2 aliphatic heterocycles. The van der Waals surface area contributed by atoms with Gasteiger partial charge in [0.05, 0.1) is 18.3 Å². The highest BCUT2D eigenvalue weighted by Gasteiger charge is 2.43. The molecule has 5 rings (SSSR count). The maximum absolute atomic E-state index is 6.41. The first-order valence-corrected chi connectivity index (χ1v) is 10.4. The van der Waals surface area contributed by atoms with Gasteiger partial charge in [-0.1, -0.05) is 30.3 Å². The fourth-order valence-electron chi connectivity index (χ4n) is 4.42. The van der Waals surface area contributed by atoms with E-state index < -0.39 is 0 Å². The highest BCUT2D eigenvalue weighted by molar-refractivity contribution is 5.55. The van der Waals surface area contributed by atoms with Gasteiger partial charge in [-0.2, -0.15) is 10.1 Å². The summed E-state index contributed by atoms with van der Waals surface area (Å²) < 4.78 is 8.40. The molecule has 0 amide bonds. The average molecular weight is 390 g/mol. The highest BCUT2D eigenvalue weighted by atomic mass is 16.5. The van der Waals surface area contributed by atoms with Gasteiger partial charge in [0.15, 0.2) is 5.82 Å². The van der Waals surface area contributed by atoms with E-state index in [-0.39, 0.29) is 11.6 Å². The van der Waals surface area contributed by atoms with Crippen molar-refractivity contribution in [3.05, 3.63) is 54.1 Å². The molecule has 0 N–H and O–H groups in total. The maximum atomic E-state index is 6.41. The number of benzene rings is 1. The first kappa shape index (κ1) is 18.2. The van der Waals surface area contributed by atoms with Crippen LogP contribution in [0.4, 0.5) is 5.95 Å². The first-order chi connectivity index (χ1) is 14.2. The van der Waals surface area contributed by atoms with Crippen LogP contribution in [0.3, 0.4) is 0 Å². The standard InChI is InChI=1S/C22H26N6O/c1-16(2)28-21(24-15-25-28)27-11-9-22(10-12-27)19-18(8-13-29-22)14-23-20(26-19)17-6-4-3-5-7-17/h3-7,14-16H,8-13H2,1-2H3. The second kappa shape index (κ2) is 7.22. The molecule has 1 fully saturated rings. The van der Waals surface area contributed by atoms with Crippen LogP contribution < -0.4 is 4.90 Å². The van der Waals surface area contributed by atoms with Crippen molar-refractivity contribution >= 4 is 5.95 Å². The minimum absolute atomic E-state index is 0.288. The maximum Gasteiger partial charge on any atom is 0.224 e. The summed E-state index contributed by atoms with van der Waals surface area (Å²) >= 11 is 0. The van der Waals surface area contributed by atoms with E-state index in [2.05, 4.69) is 45.9 Å². The number of hydrogen-bond donors (Lipinski definition) is 0. The summed E-state index contributed by atoms with van der Waals surface area (Å²) in [6.07, 6.45) is 6.28. The zero-order valence-electron chi connectivity index (χ0n) is 17.0. The summed E-state index contributed by atoms with van der Waals surface area (Å²) in [6, 6.07) is 10.5. The monoisotopic (exact) mass is 390 g/mol. The van der Waals surface area contributed by atoms with E-state index >= 15 is 0 Å². The molecule has 7 nitrogen and oxygen atoms in total. The molecule has 2 aromatic heterocycles. The van der Waals surface area contributed by atoms with E-state index in [0.717, 1.165) is 62.0 Å². The van der Waals surface area contributed by atoms with Gasteiger partial charge >= 0.3 is 0 Å². The van der Waals surface area contributed by atoms with Crippen LogP contribution in [0.25, 0.3) is 11.4 Å². The zero-order chi connectivity index (χ0) is 19.8. The lowest BCUT2D eigenvalue weighted by Crippen LogP contribution is -2.48. The summed E-state index contributed by atoms with van der Waals surface area (Å²) in [4.78, 5) is 16.5. The Labute approximate surface area is 170 Å². The Hall–Kier alpha value is -2.80. The smallest absolute Gasteiger partial charge is 0.224 e. The van der Waals surface area contributed by atoms with Crippen molar-refractivity contribution in [1.29, 1.82) is 0 Å². The lowest BCUT2D eigenvalue weighted by Gasteiger charge is -2.44. The van der Waals surface area contributed by atoms with E-state index in [9.17, 15) is 0 Å². The molecule has 2 aliphatic rings. The van der Waals surface area contributed by atoms with Crippen molar-refractivity contribution in [2.24, 2.45) is 0 Å². The summed E-state index contributed by atoms with van der Waals surface area (Å²) in [5.41, 5.74) is 3.00. The van der Waals surface area contributed by atoms with Crippen LogP contribution >= 0.6 is 0 Å². The fraction of sp³-hybridized carbons (Fsp3) is 0.455. The minimum atomic E-state index is -0.334. The van der Waals surface area contributed by atoms with E-state index in [1.165, 1.54) is 5.56 Å². The summed E-state index contributed by atoms with van der Waals surface area (Å²) in [7, 11) is 0. The largest absolute Gasteiger partial charge is 0.368 e. The van der Waals surface area contributed by atoms with Crippen LogP contribution in [0.5, 0.6) is 0 Å². The van der Waals surface area contributed by atoms with Crippen molar-refractivity contribution < 1.29 is 4.74 Å². The summed E-state index contributed by atoms with van der Waals surface area (Å²) in [5, 5.41) is 4.39. The van der Waals surface area contributed by atoms with Gasteiger partial charge in [0.1, 0.15) is 11.9 Å². The molecule has 0 saturated carbocycles. The molecule has 0 unspecified atom stereocenters. The van der Waals surface area contributed by atoms with Crippen LogP contribution in [0.15, 0.2) is 42.9 Å². The second-order valence-electron chi connectivity index (χ2n) is 8.11. The molecule has 7 heteroatoms. The molecule has 1 spiro atoms. The van der Waals surface area contributed by atoms with Crippen LogP contribution in [0.1, 0.15) is 44.0 Å². The Kier molecular flexibility index (Phi) is 4.54. The Balaban J connectivity index is 1.44. The predicted molar refractivity (Wildman–Crippen MR) is 111 cm³/mol. The third-order valence-electron chi connectivity index (χ3n) is 5.98. The van der Waals surface area contributed by atoms with Gasteiger partial charge in [0, 0.05) is 24.8 Å². The highest BCUT2D eigenvalue weighted by Crippen LogP contribution is 2.41.